The maximum absolute atomic E-state index is 9.66. The maximum Gasteiger partial charge on any atom is 0.250 e. The third kappa shape index (κ3) is 6.01. The van der Waals surface area contributed by atoms with Gasteiger partial charge in [0.05, 0.1) is 0 Å². The van der Waals surface area contributed by atoms with Gasteiger partial charge in [-0.15, -0.1) is 0 Å². The van der Waals surface area contributed by atoms with Crippen LogP contribution >= 0.6 is 23.2 Å². The summed E-state index contributed by atoms with van der Waals surface area (Å²) in [6.45, 7) is 0. The summed E-state index contributed by atoms with van der Waals surface area (Å²) in [6, 6.07) is 0. The van der Waals surface area contributed by atoms with E-state index in [1.54, 1.807) is 0 Å². The second-order valence-corrected chi connectivity index (χ2v) is 1.80. The Kier molecular flexibility index (Phi) is 6.02. The summed E-state index contributed by atoms with van der Waals surface area (Å²) < 4.78 is 0. The van der Waals surface area contributed by atoms with E-state index in [-0.39, 0.29) is 5.48 Å². The van der Waals surface area contributed by atoms with Gasteiger partial charge in [-0.2, -0.15) is 0 Å². The van der Waals surface area contributed by atoms with Crippen LogP contribution in [0.15, 0.2) is 0 Å². The van der Waals surface area contributed by atoms with Gasteiger partial charge in [0.15, 0.2) is 4.84 Å². The molecule has 4 N–H and O–H groups in total. The smallest absolute Gasteiger partial charge is 0.250 e. The molecule has 0 saturated carbocycles. The van der Waals surface area contributed by atoms with Crippen molar-refractivity contribution in [3.63, 3.8) is 0 Å². The Hall–Kier alpha value is 0.01000. The van der Waals surface area contributed by atoms with Gasteiger partial charge in [0.1, 0.15) is 0 Å². The van der Waals surface area contributed by atoms with Crippen molar-refractivity contribution in [2.45, 2.75) is 4.84 Å². The van der Waals surface area contributed by atoms with Crippen molar-refractivity contribution in [2.75, 3.05) is 0 Å². The second-order valence-electron chi connectivity index (χ2n) is 0.703. The predicted octanol–water partition coefficient (Wildman–Crippen LogP) is -0.549. The van der Waals surface area contributed by atoms with Crippen molar-refractivity contribution < 1.29 is 10.3 Å². The molecular weight excluding hydrogens is 141 g/mol. The van der Waals surface area contributed by atoms with Crippen LogP contribution in [0.2, 0.25) is 0 Å². The molecule has 3 nitrogen and oxygen atoms in total. The van der Waals surface area contributed by atoms with Gasteiger partial charge in [0.25, 0.3) is 5.91 Å². The molecule has 0 bridgehead atoms. The van der Waals surface area contributed by atoms with Gasteiger partial charge < -0.3 is 11.2 Å². The third-order valence-electron chi connectivity index (χ3n) is 0.215. The van der Waals surface area contributed by atoms with Gasteiger partial charge in [0.2, 0.25) is 0 Å². The zero-order chi connectivity index (χ0) is 5.15. The van der Waals surface area contributed by atoms with Crippen LogP contribution in [0.25, 0.3) is 0 Å². The molecule has 0 rings (SSSR count). The summed E-state index contributed by atoms with van der Waals surface area (Å²) in [5, 5.41) is 0. The molecule has 0 aliphatic heterocycles. The zero-order valence-corrected chi connectivity index (χ0v) is 4.83. The van der Waals surface area contributed by atoms with Crippen molar-refractivity contribution >= 4 is 29.1 Å². The van der Waals surface area contributed by atoms with Crippen LogP contribution in [-0.2, 0) is 4.79 Å². The number of rotatable bonds is 1. The van der Waals surface area contributed by atoms with Crippen molar-refractivity contribution in [1.29, 1.82) is 0 Å². The van der Waals surface area contributed by atoms with Gasteiger partial charge in [-0.1, -0.05) is 23.2 Å². The number of primary amides is 1. The lowest BCUT2D eigenvalue weighted by Crippen LogP contribution is -2.17. The van der Waals surface area contributed by atoms with E-state index in [4.69, 9.17) is 23.2 Å². The molecule has 0 spiro atoms. The van der Waals surface area contributed by atoms with Crippen LogP contribution in [-0.4, -0.2) is 16.2 Å². The number of alkyl halides is 2. The molecule has 0 aromatic carbocycles. The molecular formula is C2H5Cl2NO2. The van der Waals surface area contributed by atoms with Crippen LogP contribution in [0.4, 0.5) is 0 Å². The Morgan fingerprint density at radius 2 is 1.71 bits per heavy atom. The van der Waals surface area contributed by atoms with Crippen molar-refractivity contribution in [2.24, 2.45) is 5.73 Å². The Labute approximate surface area is 50.7 Å². The van der Waals surface area contributed by atoms with E-state index in [9.17, 15) is 4.79 Å². The van der Waals surface area contributed by atoms with Crippen molar-refractivity contribution in [3.8, 4) is 0 Å². The number of nitrogens with two attached hydrogens (primary N) is 1. The summed E-state index contributed by atoms with van der Waals surface area (Å²) >= 11 is 9.81. The van der Waals surface area contributed by atoms with Crippen LogP contribution in [0.3, 0.4) is 0 Å². The molecule has 0 aromatic heterocycles. The summed E-state index contributed by atoms with van der Waals surface area (Å²) in [7, 11) is 0. The molecule has 1 amide bonds. The third-order valence-corrected chi connectivity index (χ3v) is 0.645. The highest BCUT2D eigenvalue weighted by molar-refractivity contribution is 6.53. The monoisotopic (exact) mass is 145 g/mol. The number of carbonyl (C=O) groups excluding carboxylic acids is 1. The standard InChI is InChI=1S/C2H3Cl2NO.H2O/c3-1(4)2(5)6;/h1H,(H2,5,6);1H2. The topological polar surface area (TPSA) is 74.6 Å². The SMILES string of the molecule is NC(=O)C(Cl)Cl.O. The van der Waals surface area contributed by atoms with E-state index in [0.717, 1.165) is 0 Å². The van der Waals surface area contributed by atoms with E-state index in [2.05, 4.69) is 5.73 Å². The molecule has 7 heavy (non-hydrogen) atoms. The van der Waals surface area contributed by atoms with Gasteiger partial charge in [-0.25, -0.2) is 0 Å². The van der Waals surface area contributed by atoms with Crippen LogP contribution < -0.4 is 5.73 Å². The van der Waals surface area contributed by atoms with E-state index in [0.29, 0.717) is 0 Å². The number of halogens is 2. The van der Waals surface area contributed by atoms with E-state index in [1.165, 1.54) is 0 Å². The first-order valence-corrected chi connectivity index (χ1v) is 2.09. The molecule has 0 saturated heterocycles. The first-order chi connectivity index (χ1) is 2.64. The predicted molar refractivity (Wildman–Crippen MR) is 28.3 cm³/mol. The average Bonchev–Trinajstić information content (AvgIpc) is 1.36. The molecule has 0 heterocycles. The number of hydrogen-bond donors (Lipinski definition) is 1. The Morgan fingerprint density at radius 1 is 1.57 bits per heavy atom. The number of hydrogen-bond acceptors (Lipinski definition) is 1. The molecule has 0 unspecified atom stereocenters. The van der Waals surface area contributed by atoms with Crippen LogP contribution in [0, 0.1) is 0 Å². The molecule has 0 aromatic rings. The summed E-state index contributed by atoms with van der Waals surface area (Å²) in [6.07, 6.45) is 0. The first-order valence-electron chi connectivity index (χ1n) is 1.22. The highest BCUT2D eigenvalue weighted by atomic mass is 35.5. The fourth-order valence-electron chi connectivity index (χ4n) is 0. The lowest BCUT2D eigenvalue weighted by molar-refractivity contribution is -0.116. The number of amides is 1. The molecule has 44 valence electrons. The van der Waals surface area contributed by atoms with Gasteiger partial charge in [-0.05, 0) is 0 Å². The first kappa shape index (κ1) is 10.1. The quantitative estimate of drug-likeness (QED) is 0.495. The van der Waals surface area contributed by atoms with E-state index in [1.807, 2.05) is 0 Å². The fraction of sp³-hybridized carbons (Fsp3) is 0.500. The largest absolute Gasteiger partial charge is 0.412 e. The van der Waals surface area contributed by atoms with Crippen molar-refractivity contribution in [1.82, 2.24) is 0 Å². The normalized spacial score (nSPS) is 7.86. The summed E-state index contributed by atoms with van der Waals surface area (Å²) in [5.74, 6) is -0.710. The molecule has 0 radical (unpaired) electrons. The Balaban J connectivity index is 0. The van der Waals surface area contributed by atoms with Crippen LogP contribution in [0.1, 0.15) is 0 Å². The highest BCUT2D eigenvalue weighted by Gasteiger charge is 2.02. The molecule has 0 atom stereocenters. The number of carbonyl (C=O) groups is 1. The zero-order valence-electron chi connectivity index (χ0n) is 3.32. The second kappa shape index (κ2) is 4.18. The summed E-state index contributed by atoms with van der Waals surface area (Å²) in [4.78, 5) is 8.59. The molecule has 5 heteroatoms. The van der Waals surface area contributed by atoms with Crippen LogP contribution in [0.5, 0.6) is 0 Å². The van der Waals surface area contributed by atoms with Crippen molar-refractivity contribution in [3.05, 3.63) is 0 Å². The minimum Gasteiger partial charge on any atom is -0.412 e. The highest BCUT2D eigenvalue weighted by Crippen LogP contribution is 1.97. The van der Waals surface area contributed by atoms with Gasteiger partial charge in [0, 0.05) is 0 Å². The Morgan fingerprint density at radius 3 is 1.71 bits per heavy atom. The van der Waals surface area contributed by atoms with E-state index >= 15 is 0 Å². The molecule has 0 fully saturated rings. The molecule has 0 aliphatic carbocycles. The average molecular weight is 146 g/mol. The lowest BCUT2D eigenvalue weighted by atomic mass is 10.8. The minimum atomic E-state index is -1.06. The minimum absolute atomic E-state index is 0. The Bertz CT molecular complexity index is 64.7. The van der Waals surface area contributed by atoms with E-state index < -0.39 is 10.7 Å². The lowest BCUT2D eigenvalue weighted by Gasteiger charge is -1.85. The summed E-state index contributed by atoms with van der Waals surface area (Å²) in [5.41, 5.74) is 4.53. The maximum atomic E-state index is 9.66. The molecule has 0 aliphatic rings. The van der Waals surface area contributed by atoms with Gasteiger partial charge >= 0.3 is 0 Å². The van der Waals surface area contributed by atoms with Gasteiger partial charge in [-0.3, -0.25) is 4.79 Å². The fourth-order valence-corrected chi connectivity index (χ4v) is 0.